The molecule has 1 amide bonds. The predicted octanol–water partition coefficient (Wildman–Crippen LogP) is 4.93. The van der Waals surface area contributed by atoms with Gasteiger partial charge in [0.15, 0.2) is 17.4 Å². The molecule has 3 heterocycles. The number of benzene rings is 2. The Morgan fingerprint density at radius 1 is 1.00 bits per heavy atom. The molecule has 1 fully saturated rings. The van der Waals surface area contributed by atoms with Crippen LogP contribution in [0.1, 0.15) is 15.9 Å². The van der Waals surface area contributed by atoms with Crippen LogP contribution in [0.3, 0.4) is 0 Å². The SMILES string of the molecule is CNc1ncnc(-c2cccnc2Oc2cc(C(=O)Nc3cc(C(F)(F)F)ccc3N3CCN(C)CC3)ccc2F)n1. The molecule has 0 radical (unpaired) electrons. The van der Waals surface area contributed by atoms with Crippen LogP contribution in [0.2, 0.25) is 0 Å². The van der Waals surface area contributed by atoms with E-state index < -0.39 is 23.5 Å². The summed E-state index contributed by atoms with van der Waals surface area (Å²) >= 11 is 0. The van der Waals surface area contributed by atoms with Gasteiger partial charge in [-0.25, -0.2) is 19.3 Å². The van der Waals surface area contributed by atoms with Gasteiger partial charge in [0.25, 0.3) is 5.91 Å². The Balaban J connectivity index is 1.43. The lowest BCUT2D eigenvalue weighted by Crippen LogP contribution is -2.44. The zero-order chi connectivity index (χ0) is 29.9. The lowest BCUT2D eigenvalue weighted by atomic mass is 10.1. The van der Waals surface area contributed by atoms with Crippen LogP contribution in [0.25, 0.3) is 11.4 Å². The molecular formula is C28H26F4N8O2. The summed E-state index contributed by atoms with van der Waals surface area (Å²) in [5.74, 6) is -1.37. The lowest BCUT2D eigenvalue weighted by molar-refractivity contribution is -0.137. The summed E-state index contributed by atoms with van der Waals surface area (Å²) in [7, 11) is 3.60. The van der Waals surface area contributed by atoms with Gasteiger partial charge in [0, 0.05) is 45.0 Å². The summed E-state index contributed by atoms with van der Waals surface area (Å²) in [6.45, 7) is 2.57. The Hall–Kier alpha value is -4.85. The summed E-state index contributed by atoms with van der Waals surface area (Å²) in [6.07, 6.45) is -1.88. The molecule has 1 aliphatic heterocycles. The van der Waals surface area contributed by atoms with E-state index in [0.717, 1.165) is 24.3 Å². The van der Waals surface area contributed by atoms with Crippen LogP contribution in [0, 0.1) is 5.82 Å². The topological polar surface area (TPSA) is 108 Å². The Bertz CT molecular complexity index is 1590. The van der Waals surface area contributed by atoms with Gasteiger partial charge in [-0.15, -0.1) is 0 Å². The minimum Gasteiger partial charge on any atom is -0.435 e. The van der Waals surface area contributed by atoms with Gasteiger partial charge >= 0.3 is 6.18 Å². The summed E-state index contributed by atoms with van der Waals surface area (Å²) in [6, 6.07) is 9.89. The highest BCUT2D eigenvalue weighted by molar-refractivity contribution is 6.06. The van der Waals surface area contributed by atoms with Crippen molar-refractivity contribution in [2.45, 2.75) is 6.18 Å². The molecule has 0 saturated carbocycles. The quantitative estimate of drug-likeness (QED) is 0.293. The van der Waals surface area contributed by atoms with Gasteiger partial charge in [-0.1, -0.05) is 0 Å². The van der Waals surface area contributed by atoms with Gasteiger partial charge < -0.3 is 25.2 Å². The Morgan fingerprint density at radius 2 is 1.79 bits per heavy atom. The van der Waals surface area contributed by atoms with E-state index in [2.05, 4.69) is 35.5 Å². The molecule has 5 rings (SSSR count). The van der Waals surface area contributed by atoms with Crippen molar-refractivity contribution in [3.63, 3.8) is 0 Å². The second-order valence-electron chi connectivity index (χ2n) is 9.46. The zero-order valence-corrected chi connectivity index (χ0v) is 22.6. The minimum atomic E-state index is -4.61. The summed E-state index contributed by atoms with van der Waals surface area (Å²) in [5.41, 5.74) is -0.149. The molecular weight excluding hydrogens is 556 g/mol. The highest BCUT2D eigenvalue weighted by Gasteiger charge is 2.32. The predicted molar refractivity (Wildman–Crippen MR) is 148 cm³/mol. The third-order valence-electron chi connectivity index (χ3n) is 6.62. The maximum atomic E-state index is 14.8. The van der Waals surface area contributed by atoms with E-state index in [0.29, 0.717) is 43.4 Å². The molecule has 2 aromatic carbocycles. The Kier molecular flexibility index (Phi) is 8.15. The first-order chi connectivity index (χ1) is 20.1. The van der Waals surface area contributed by atoms with E-state index in [1.165, 1.54) is 24.7 Å². The van der Waals surface area contributed by atoms with Gasteiger partial charge in [0.05, 0.1) is 22.5 Å². The lowest BCUT2D eigenvalue weighted by Gasteiger charge is -2.35. The number of carbonyl (C=O) groups is 1. The maximum Gasteiger partial charge on any atom is 0.416 e. The summed E-state index contributed by atoms with van der Waals surface area (Å²) in [4.78, 5) is 33.8. The number of nitrogens with zero attached hydrogens (tertiary/aromatic N) is 6. The van der Waals surface area contributed by atoms with Crippen molar-refractivity contribution in [1.29, 1.82) is 0 Å². The van der Waals surface area contributed by atoms with E-state index in [9.17, 15) is 22.4 Å². The largest absolute Gasteiger partial charge is 0.435 e. The average molecular weight is 583 g/mol. The number of ether oxygens (including phenoxy) is 1. The number of piperazine rings is 1. The highest BCUT2D eigenvalue weighted by Crippen LogP contribution is 2.37. The number of amides is 1. The van der Waals surface area contributed by atoms with Gasteiger partial charge in [0.1, 0.15) is 6.33 Å². The molecule has 10 nitrogen and oxygen atoms in total. The van der Waals surface area contributed by atoms with Gasteiger partial charge in [-0.05, 0) is 55.6 Å². The van der Waals surface area contributed by atoms with Crippen molar-refractivity contribution in [1.82, 2.24) is 24.8 Å². The Morgan fingerprint density at radius 3 is 2.52 bits per heavy atom. The third-order valence-corrected chi connectivity index (χ3v) is 6.62. The number of halogens is 4. The molecule has 218 valence electrons. The van der Waals surface area contributed by atoms with Crippen LogP contribution < -0.4 is 20.3 Å². The van der Waals surface area contributed by atoms with Crippen molar-refractivity contribution in [3.05, 3.63) is 78.0 Å². The fourth-order valence-electron chi connectivity index (χ4n) is 4.35. The van der Waals surface area contributed by atoms with Crippen molar-refractivity contribution >= 4 is 23.2 Å². The number of aromatic nitrogens is 4. The molecule has 0 bridgehead atoms. The van der Waals surface area contributed by atoms with Crippen molar-refractivity contribution < 1.29 is 27.1 Å². The number of rotatable bonds is 7. The molecule has 0 atom stereocenters. The monoisotopic (exact) mass is 582 g/mol. The van der Waals surface area contributed by atoms with Crippen molar-refractivity contribution in [2.24, 2.45) is 0 Å². The number of likely N-dealkylation sites (N-methyl/N-ethyl adjacent to an activating group) is 1. The number of hydrogen-bond acceptors (Lipinski definition) is 9. The van der Waals surface area contributed by atoms with E-state index in [1.807, 2.05) is 11.9 Å². The molecule has 2 N–H and O–H groups in total. The summed E-state index contributed by atoms with van der Waals surface area (Å²) < 4.78 is 61.2. The second kappa shape index (κ2) is 11.9. The first-order valence-electron chi connectivity index (χ1n) is 12.9. The molecule has 1 saturated heterocycles. The molecule has 0 aliphatic carbocycles. The molecule has 42 heavy (non-hydrogen) atoms. The minimum absolute atomic E-state index is 0.00615. The van der Waals surface area contributed by atoms with Crippen molar-refractivity contribution in [3.8, 4) is 23.0 Å². The molecule has 0 unspecified atom stereocenters. The number of carbonyl (C=O) groups excluding carboxylic acids is 1. The van der Waals surface area contributed by atoms with E-state index in [4.69, 9.17) is 4.74 Å². The number of nitrogens with one attached hydrogen (secondary N) is 2. The molecule has 2 aromatic heterocycles. The van der Waals surface area contributed by atoms with Gasteiger partial charge in [0.2, 0.25) is 11.8 Å². The average Bonchev–Trinajstić information content (AvgIpc) is 2.98. The first-order valence-corrected chi connectivity index (χ1v) is 12.9. The van der Waals surface area contributed by atoms with Crippen LogP contribution in [0.15, 0.2) is 61.1 Å². The summed E-state index contributed by atoms with van der Waals surface area (Å²) in [5, 5.41) is 5.38. The number of alkyl halides is 3. The number of hydrogen-bond donors (Lipinski definition) is 2. The van der Waals surface area contributed by atoms with Gasteiger partial charge in [-0.3, -0.25) is 4.79 Å². The Labute approximate surface area is 238 Å². The number of pyridine rings is 1. The molecule has 0 spiro atoms. The molecule has 14 heteroatoms. The fourth-order valence-corrected chi connectivity index (χ4v) is 4.35. The number of anilines is 3. The highest BCUT2D eigenvalue weighted by atomic mass is 19.4. The zero-order valence-electron chi connectivity index (χ0n) is 22.6. The van der Waals surface area contributed by atoms with E-state index in [-0.39, 0.29) is 28.7 Å². The molecule has 4 aromatic rings. The first kappa shape index (κ1) is 28.7. The maximum absolute atomic E-state index is 14.8. The van der Waals surface area contributed by atoms with E-state index in [1.54, 1.807) is 19.2 Å². The second-order valence-corrected chi connectivity index (χ2v) is 9.46. The van der Waals surface area contributed by atoms with Crippen LogP contribution >= 0.6 is 0 Å². The van der Waals surface area contributed by atoms with E-state index >= 15 is 0 Å². The standard InChI is InChI=1S/C28H26F4N8O2/c1-33-27-36-16-35-24(38-27)19-4-3-9-34-26(19)42-23-14-17(5-7-20(23)29)25(41)37-21-15-18(28(30,31)32)6-8-22(21)40-12-10-39(2)11-13-40/h3-9,14-16H,10-13H2,1-2H3,(H,37,41)(H,33,35,36,38). The van der Waals surface area contributed by atoms with Gasteiger partial charge in [-0.2, -0.15) is 18.2 Å². The van der Waals surface area contributed by atoms with Crippen molar-refractivity contribution in [2.75, 3.05) is 55.8 Å². The molecule has 1 aliphatic rings. The van der Waals surface area contributed by atoms with Crippen LogP contribution in [-0.4, -0.2) is 71.0 Å². The smallest absolute Gasteiger partial charge is 0.416 e. The van der Waals surface area contributed by atoms with Crippen LogP contribution in [-0.2, 0) is 6.18 Å². The van der Waals surface area contributed by atoms with Crippen LogP contribution in [0.4, 0.5) is 34.9 Å². The third kappa shape index (κ3) is 6.38. The van der Waals surface area contributed by atoms with Crippen LogP contribution in [0.5, 0.6) is 11.6 Å². The fraction of sp³-hybridized carbons (Fsp3) is 0.250. The normalized spacial score (nSPS) is 14.0.